The van der Waals surface area contributed by atoms with Gasteiger partial charge in [-0.1, -0.05) is 20.8 Å². The van der Waals surface area contributed by atoms with Crippen molar-refractivity contribution < 1.29 is 9.59 Å². The van der Waals surface area contributed by atoms with Gasteiger partial charge >= 0.3 is 0 Å². The molecule has 0 bridgehead atoms. The maximum atomic E-state index is 11.5. The second-order valence-corrected chi connectivity index (χ2v) is 7.29. The summed E-state index contributed by atoms with van der Waals surface area (Å²) in [4.78, 5) is 23.0. The average Bonchev–Trinajstić information content (AvgIpc) is 2.07. The molecular formula is C13H25NO2S. The third-order valence-corrected chi connectivity index (χ3v) is 2.53. The van der Waals surface area contributed by atoms with Crippen LogP contribution in [0.1, 0.15) is 53.9 Å². The molecule has 17 heavy (non-hydrogen) atoms. The van der Waals surface area contributed by atoms with Gasteiger partial charge in [-0.2, -0.15) is 12.6 Å². The van der Waals surface area contributed by atoms with Crippen LogP contribution < -0.4 is 5.32 Å². The van der Waals surface area contributed by atoms with Crippen molar-refractivity contribution in [1.29, 1.82) is 0 Å². The highest BCUT2D eigenvalue weighted by molar-refractivity contribution is 7.82. The molecule has 0 aromatic rings. The predicted molar refractivity (Wildman–Crippen MR) is 74.4 cm³/mol. The van der Waals surface area contributed by atoms with Crippen molar-refractivity contribution in [2.24, 2.45) is 5.41 Å². The molecule has 3 nitrogen and oxygen atoms in total. The second kappa shape index (κ2) is 6.43. The van der Waals surface area contributed by atoms with Crippen LogP contribution in [0.2, 0.25) is 0 Å². The first-order chi connectivity index (χ1) is 7.52. The van der Waals surface area contributed by atoms with Gasteiger partial charge in [0.05, 0.1) is 4.75 Å². The number of carbonyl (C=O) groups excluding carboxylic acids is 2. The van der Waals surface area contributed by atoms with Gasteiger partial charge in [0.1, 0.15) is 5.78 Å². The predicted octanol–water partition coefficient (Wildman–Crippen LogP) is 2.60. The Morgan fingerprint density at radius 3 is 2.06 bits per heavy atom. The largest absolute Gasteiger partial charge is 0.356 e. The fraction of sp³-hybridized carbons (Fsp3) is 0.846. The molecule has 4 heteroatoms. The SMILES string of the molecule is CC(C)(C)CC(=O)NCCCC(=O)C(C)(C)S. The van der Waals surface area contributed by atoms with E-state index in [1.165, 1.54) is 0 Å². The first-order valence-electron chi connectivity index (χ1n) is 6.05. The number of hydrogen-bond acceptors (Lipinski definition) is 3. The van der Waals surface area contributed by atoms with Gasteiger partial charge in [0.15, 0.2) is 0 Å². The second-order valence-electron chi connectivity index (χ2n) is 6.17. The highest BCUT2D eigenvalue weighted by atomic mass is 32.1. The highest BCUT2D eigenvalue weighted by Gasteiger charge is 2.21. The number of nitrogens with one attached hydrogen (secondary N) is 1. The van der Waals surface area contributed by atoms with E-state index in [1.807, 2.05) is 20.8 Å². The molecule has 0 unspecified atom stereocenters. The zero-order valence-corrected chi connectivity index (χ0v) is 12.5. The normalized spacial score (nSPS) is 12.4. The number of thiol groups is 1. The third kappa shape index (κ3) is 9.22. The van der Waals surface area contributed by atoms with Crippen LogP contribution in [-0.2, 0) is 9.59 Å². The average molecular weight is 259 g/mol. The number of ketones is 1. The van der Waals surface area contributed by atoms with Crippen LogP contribution in [0, 0.1) is 5.41 Å². The Balaban J connectivity index is 3.73. The number of carbonyl (C=O) groups is 2. The van der Waals surface area contributed by atoms with Gasteiger partial charge in [0.25, 0.3) is 0 Å². The van der Waals surface area contributed by atoms with E-state index in [0.29, 0.717) is 25.8 Å². The number of rotatable bonds is 6. The summed E-state index contributed by atoms with van der Waals surface area (Å²) in [5, 5.41) is 2.83. The Bertz CT molecular complexity index is 274. The van der Waals surface area contributed by atoms with Gasteiger partial charge in [-0.3, -0.25) is 9.59 Å². The van der Waals surface area contributed by atoms with Gasteiger partial charge in [0, 0.05) is 19.4 Å². The van der Waals surface area contributed by atoms with Crippen molar-refractivity contribution in [1.82, 2.24) is 5.32 Å². The van der Waals surface area contributed by atoms with E-state index in [4.69, 9.17) is 0 Å². The van der Waals surface area contributed by atoms with E-state index in [1.54, 1.807) is 13.8 Å². The summed E-state index contributed by atoms with van der Waals surface area (Å²) in [7, 11) is 0. The van der Waals surface area contributed by atoms with Crippen LogP contribution >= 0.6 is 12.6 Å². The minimum absolute atomic E-state index is 0.00694. The first kappa shape index (κ1) is 16.5. The van der Waals surface area contributed by atoms with Crippen molar-refractivity contribution in [2.75, 3.05) is 6.54 Å². The first-order valence-corrected chi connectivity index (χ1v) is 6.49. The van der Waals surface area contributed by atoms with E-state index < -0.39 is 4.75 Å². The van der Waals surface area contributed by atoms with Gasteiger partial charge in [-0.05, 0) is 25.7 Å². The summed E-state index contributed by atoms with van der Waals surface area (Å²) in [5.74, 6) is 0.168. The molecule has 0 aliphatic rings. The maximum absolute atomic E-state index is 11.5. The Kier molecular flexibility index (Phi) is 6.24. The smallest absolute Gasteiger partial charge is 0.220 e. The van der Waals surface area contributed by atoms with Crippen molar-refractivity contribution in [2.45, 2.75) is 58.6 Å². The lowest BCUT2D eigenvalue weighted by molar-refractivity contribution is -0.123. The van der Waals surface area contributed by atoms with E-state index in [-0.39, 0.29) is 17.1 Å². The zero-order valence-electron chi connectivity index (χ0n) is 11.6. The van der Waals surface area contributed by atoms with Crippen molar-refractivity contribution in [3.8, 4) is 0 Å². The molecule has 0 heterocycles. The Labute approximate surface area is 110 Å². The standard InChI is InChI=1S/C13H25NO2S/c1-12(2,3)9-11(16)14-8-6-7-10(15)13(4,5)17/h17H,6-9H2,1-5H3,(H,14,16). The van der Waals surface area contributed by atoms with Crippen LogP contribution in [0.4, 0.5) is 0 Å². The lowest BCUT2D eigenvalue weighted by Gasteiger charge is -2.18. The molecule has 0 saturated heterocycles. The summed E-state index contributed by atoms with van der Waals surface area (Å²) in [6.45, 7) is 10.2. The molecule has 1 N–H and O–H groups in total. The molecule has 0 aliphatic heterocycles. The quantitative estimate of drug-likeness (QED) is 0.569. The summed E-state index contributed by atoms with van der Waals surface area (Å²) in [5.41, 5.74) is 0.00694. The monoisotopic (exact) mass is 259 g/mol. The van der Waals surface area contributed by atoms with Gasteiger partial charge in [0.2, 0.25) is 5.91 Å². The molecule has 0 fully saturated rings. The lowest BCUT2D eigenvalue weighted by Crippen LogP contribution is -2.30. The Morgan fingerprint density at radius 1 is 1.12 bits per heavy atom. The molecule has 0 aliphatic carbocycles. The third-order valence-electron chi connectivity index (χ3n) is 2.28. The molecule has 0 saturated carbocycles. The van der Waals surface area contributed by atoms with Crippen molar-refractivity contribution in [3.63, 3.8) is 0 Å². The number of Topliss-reactive ketones (excluding diaryl/α,β-unsaturated/α-hetero) is 1. The molecule has 0 radical (unpaired) electrons. The molecule has 0 spiro atoms. The van der Waals surface area contributed by atoms with Gasteiger partial charge < -0.3 is 5.32 Å². The van der Waals surface area contributed by atoms with Crippen LogP contribution in [0.5, 0.6) is 0 Å². The van der Waals surface area contributed by atoms with Crippen molar-refractivity contribution >= 4 is 24.3 Å². The molecule has 0 aromatic carbocycles. The van der Waals surface area contributed by atoms with Crippen LogP contribution in [0.25, 0.3) is 0 Å². The van der Waals surface area contributed by atoms with Crippen LogP contribution in [-0.4, -0.2) is 23.0 Å². The summed E-state index contributed by atoms with van der Waals surface area (Å²) < 4.78 is -0.574. The van der Waals surface area contributed by atoms with Gasteiger partial charge in [-0.25, -0.2) is 0 Å². The highest BCUT2D eigenvalue weighted by Crippen LogP contribution is 2.18. The maximum Gasteiger partial charge on any atom is 0.220 e. The molecule has 0 atom stereocenters. The molecule has 0 rings (SSSR count). The summed E-state index contributed by atoms with van der Waals surface area (Å²) in [6.07, 6.45) is 1.66. The Hall–Kier alpha value is -0.510. The Morgan fingerprint density at radius 2 is 1.65 bits per heavy atom. The lowest BCUT2D eigenvalue weighted by atomic mass is 9.92. The molecule has 1 amide bonds. The van der Waals surface area contributed by atoms with E-state index >= 15 is 0 Å². The van der Waals surface area contributed by atoms with Crippen LogP contribution in [0.15, 0.2) is 0 Å². The number of hydrogen-bond donors (Lipinski definition) is 2. The number of amides is 1. The fourth-order valence-electron chi connectivity index (χ4n) is 1.33. The molecular weight excluding hydrogens is 234 g/mol. The van der Waals surface area contributed by atoms with Crippen LogP contribution in [0.3, 0.4) is 0 Å². The minimum Gasteiger partial charge on any atom is -0.356 e. The van der Waals surface area contributed by atoms with E-state index in [0.717, 1.165) is 0 Å². The van der Waals surface area contributed by atoms with E-state index in [2.05, 4.69) is 17.9 Å². The fourth-order valence-corrected chi connectivity index (χ4v) is 1.44. The summed E-state index contributed by atoms with van der Waals surface area (Å²) in [6, 6.07) is 0. The van der Waals surface area contributed by atoms with E-state index in [9.17, 15) is 9.59 Å². The minimum atomic E-state index is -0.574. The molecule has 0 aromatic heterocycles. The zero-order chi connectivity index (χ0) is 13.7. The van der Waals surface area contributed by atoms with Gasteiger partial charge in [-0.15, -0.1) is 0 Å². The molecule has 100 valence electrons. The van der Waals surface area contributed by atoms with Crippen molar-refractivity contribution in [3.05, 3.63) is 0 Å². The summed E-state index contributed by atoms with van der Waals surface area (Å²) >= 11 is 4.21. The topological polar surface area (TPSA) is 46.2 Å².